The summed E-state index contributed by atoms with van der Waals surface area (Å²) in [4.78, 5) is 0. The molecule has 0 heterocycles. The number of hydrogen-bond donors (Lipinski definition) is 0. The summed E-state index contributed by atoms with van der Waals surface area (Å²) in [5.41, 5.74) is -0.898. The predicted molar refractivity (Wildman–Crippen MR) is 30.4 cm³/mol. The third kappa shape index (κ3) is 1.86. The molecule has 1 nitrogen and oxygen atoms in total. The van der Waals surface area contributed by atoms with Gasteiger partial charge in [-0.15, -0.1) is 0 Å². The van der Waals surface area contributed by atoms with Crippen LogP contribution in [-0.4, -0.2) is 11.6 Å². The molecule has 54 valence electrons. The Morgan fingerprint density at radius 1 is 1.30 bits per heavy atom. The lowest BCUT2D eigenvalue weighted by atomic mass is 10.1. The molecule has 10 heavy (non-hydrogen) atoms. The summed E-state index contributed by atoms with van der Waals surface area (Å²) in [5, 5.41) is 8.47. The second-order valence-electron chi connectivity index (χ2n) is 1.73. The van der Waals surface area contributed by atoms with Gasteiger partial charge in [0.25, 0.3) is 0 Å². The topological polar surface area (TPSA) is 22.3 Å². The van der Waals surface area contributed by atoms with Crippen molar-refractivity contribution in [1.29, 1.82) is 0 Å². The maximum Gasteiger partial charge on any atom is 0.430 e. The summed E-state index contributed by atoms with van der Waals surface area (Å²) in [7, 11) is 0. The summed E-state index contributed by atoms with van der Waals surface area (Å²) < 4.78 is 24.3. The monoisotopic (exact) mass is 255 g/mol. The van der Waals surface area contributed by atoms with Crippen LogP contribution in [-0.2, 0) is 0 Å². The SMILES string of the molecule is [I-].[N+]=C1C=CC=CC1(F)F. The Hall–Kier alpha value is -0.260. The Morgan fingerprint density at radius 3 is 2.20 bits per heavy atom. The zero-order valence-corrected chi connectivity index (χ0v) is 7.05. The van der Waals surface area contributed by atoms with Crippen molar-refractivity contribution in [1.82, 2.24) is 5.41 Å². The molecule has 1 aliphatic carbocycles. The van der Waals surface area contributed by atoms with E-state index >= 15 is 0 Å². The zero-order chi connectivity index (χ0) is 6.91. The van der Waals surface area contributed by atoms with E-state index in [0.29, 0.717) is 6.08 Å². The summed E-state index contributed by atoms with van der Waals surface area (Å²) in [5.74, 6) is -3.16. The van der Waals surface area contributed by atoms with Gasteiger partial charge in [-0.05, 0) is 6.08 Å². The zero-order valence-electron chi connectivity index (χ0n) is 4.89. The van der Waals surface area contributed by atoms with Crippen LogP contribution < -0.4 is 29.4 Å². The fourth-order valence-electron chi connectivity index (χ4n) is 0.520. The van der Waals surface area contributed by atoms with Gasteiger partial charge in [0, 0.05) is 6.08 Å². The minimum Gasteiger partial charge on any atom is -1.00 e. The van der Waals surface area contributed by atoms with E-state index in [0.717, 1.165) is 6.08 Å². The molecule has 4 heteroatoms. The first kappa shape index (κ1) is 9.74. The Labute approximate surface area is 74.3 Å². The number of alkyl halides is 2. The van der Waals surface area contributed by atoms with Gasteiger partial charge in [0.2, 0.25) is 0 Å². The van der Waals surface area contributed by atoms with Gasteiger partial charge < -0.3 is 24.0 Å². The van der Waals surface area contributed by atoms with Crippen molar-refractivity contribution in [3.05, 3.63) is 24.3 Å². The Balaban J connectivity index is 0.000000810. The van der Waals surface area contributed by atoms with Crippen LogP contribution in [0, 0.1) is 0 Å². The third-order valence-electron chi connectivity index (χ3n) is 1.01. The van der Waals surface area contributed by atoms with Crippen LogP contribution in [0.4, 0.5) is 8.78 Å². The average molecular weight is 255 g/mol. The van der Waals surface area contributed by atoms with Gasteiger partial charge in [-0.2, -0.15) is 8.78 Å². The van der Waals surface area contributed by atoms with Crippen LogP contribution in [0.2, 0.25) is 0 Å². The molecule has 0 saturated heterocycles. The Kier molecular flexibility index (Phi) is 3.14. The molecule has 0 spiro atoms. The van der Waals surface area contributed by atoms with Crippen molar-refractivity contribution < 1.29 is 32.8 Å². The van der Waals surface area contributed by atoms with Gasteiger partial charge in [0.05, 0.1) is 0 Å². The van der Waals surface area contributed by atoms with Crippen LogP contribution in [0.25, 0.3) is 0 Å². The van der Waals surface area contributed by atoms with Crippen molar-refractivity contribution in [2.24, 2.45) is 0 Å². The third-order valence-corrected chi connectivity index (χ3v) is 1.01. The van der Waals surface area contributed by atoms with Crippen molar-refractivity contribution in [2.45, 2.75) is 5.92 Å². The van der Waals surface area contributed by atoms with Crippen LogP contribution in [0.5, 0.6) is 0 Å². The van der Waals surface area contributed by atoms with E-state index in [-0.39, 0.29) is 24.0 Å². The number of nitrogens with zero attached hydrogens (tertiary/aromatic N) is 1. The summed E-state index contributed by atoms with van der Waals surface area (Å²) in [6, 6.07) is 0. The second-order valence-corrected chi connectivity index (χ2v) is 1.73. The summed E-state index contributed by atoms with van der Waals surface area (Å²) in [6.07, 6.45) is 4.16. The molecular weight excluding hydrogens is 251 g/mol. The molecule has 0 aliphatic heterocycles. The maximum atomic E-state index is 12.2. The molecular formula is C6H4F2IN. The van der Waals surface area contributed by atoms with Crippen LogP contribution in [0.15, 0.2) is 24.3 Å². The average Bonchev–Trinajstić information content (AvgIpc) is 1.77. The fourth-order valence-corrected chi connectivity index (χ4v) is 0.520. The molecule has 0 N–H and O–H groups in total. The summed E-state index contributed by atoms with van der Waals surface area (Å²) >= 11 is 0. The first-order valence-corrected chi connectivity index (χ1v) is 2.43. The standard InChI is InChI=1S/C6H4F2N.HI/c7-6(8)4-2-1-3-5(6)9;/h1-4H;1H/q+1;/p-1. The quantitative estimate of drug-likeness (QED) is 0.446. The van der Waals surface area contributed by atoms with Crippen molar-refractivity contribution in [2.75, 3.05) is 0 Å². The van der Waals surface area contributed by atoms with E-state index in [2.05, 4.69) is 0 Å². The Bertz CT molecular complexity index is 196. The maximum absolute atomic E-state index is 12.2. The normalized spacial score (nSPS) is 20.4. The van der Waals surface area contributed by atoms with Gasteiger partial charge in [-0.25, -0.2) is 0 Å². The second kappa shape index (κ2) is 3.23. The van der Waals surface area contributed by atoms with E-state index < -0.39 is 11.6 Å². The fraction of sp³-hybridized carbons (Fsp3) is 0.167. The lowest BCUT2D eigenvalue weighted by molar-refractivity contribution is -0.00000639. The first-order valence-electron chi connectivity index (χ1n) is 2.43. The predicted octanol–water partition coefficient (Wildman–Crippen LogP) is -2.01. The lowest BCUT2D eigenvalue weighted by Gasteiger charge is -2.02. The van der Waals surface area contributed by atoms with Gasteiger partial charge in [-0.3, -0.25) is 0 Å². The first-order chi connectivity index (χ1) is 4.13. The number of allylic oxidation sites excluding steroid dienone is 4. The Morgan fingerprint density at radius 2 is 1.90 bits per heavy atom. The largest absolute Gasteiger partial charge is 1.00 e. The highest BCUT2D eigenvalue weighted by Crippen LogP contribution is 2.19. The smallest absolute Gasteiger partial charge is 0.430 e. The van der Waals surface area contributed by atoms with E-state index in [4.69, 9.17) is 5.41 Å². The molecule has 0 atom stereocenters. The molecule has 0 saturated carbocycles. The van der Waals surface area contributed by atoms with E-state index in [1.54, 1.807) is 0 Å². The highest BCUT2D eigenvalue weighted by atomic mass is 127. The highest BCUT2D eigenvalue weighted by Gasteiger charge is 2.42. The molecule has 0 fully saturated rings. The molecule has 0 bridgehead atoms. The molecule has 0 aromatic heterocycles. The van der Waals surface area contributed by atoms with E-state index in [1.165, 1.54) is 12.2 Å². The minimum atomic E-state index is -3.16. The molecule has 2 radical (unpaired) electrons. The molecule has 0 amide bonds. The summed E-state index contributed by atoms with van der Waals surface area (Å²) in [6.45, 7) is 0. The van der Waals surface area contributed by atoms with Crippen molar-refractivity contribution >= 4 is 5.71 Å². The number of halogens is 3. The molecule has 0 aromatic rings. The van der Waals surface area contributed by atoms with Crippen molar-refractivity contribution in [3.63, 3.8) is 0 Å². The van der Waals surface area contributed by atoms with E-state index in [9.17, 15) is 8.78 Å². The number of rotatable bonds is 0. The van der Waals surface area contributed by atoms with Gasteiger partial charge in [0.1, 0.15) is 0 Å². The molecule has 0 aromatic carbocycles. The van der Waals surface area contributed by atoms with Crippen LogP contribution >= 0.6 is 0 Å². The van der Waals surface area contributed by atoms with Gasteiger partial charge in [-0.1, -0.05) is 12.2 Å². The van der Waals surface area contributed by atoms with E-state index in [1.807, 2.05) is 0 Å². The molecule has 1 aliphatic rings. The van der Waals surface area contributed by atoms with Gasteiger partial charge in [0.15, 0.2) is 0 Å². The highest BCUT2D eigenvalue weighted by molar-refractivity contribution is 6.01. The van der Waals surface area contributed by atoms with Gasteiger partial charge >= 0.3 is 17.0 Å². The minimum absolute atomic E-state index is 0. The van der Waals surface area contributed by atoms with Crippen LogP contribution in [0.1, 0.15) is 0 Å². The molecule has 0 unspecified atom stereocenters. The molecule has 1 rings (SSSR count). The van der Waals surface area contributed by atoms with Crippen LogP contribution in [0.3, 0.4) is 0 Å². The number of hydrogen-bond acceptors (Lipinski definition) is 0. The van der Waals surface area contributed by atoms with Crippen molar-refractivity contribution in [3.8, 4) is 0 Å². The lowest BCUT2D eigenvalue weighted by Crippen LogP contribution is -3.00.